The second-order valence-electron chi connectivity index (χ2n) is 5.66. The molecule has 3 rings (SSSR count). The maximum absolute atomic E-state index is 12.4. The summed E-state index contributed by atoms with van der Waals surface area (Å²) < 4.78 is 43.5. The van der Waals surface area contributed by atoms with Crippen LogP contribution in [0.15, 0.2) is 47.4 Å². The molecule has 0 bridgehead atoms. The third kappa shape index (κ3) is 4.43. The Morgan fingerprint density at radius 3 is 2.68 bits per heavy atom. The summed E-state index contributed by atoms with van der Waals surface area (Å²) in [6.45, 7) is 1.25. The van der Waals surface area contributed by atoms with Gasteiger partial charge in [-0.15, -0.1) is 0 Å². The van der Waals surface area contributed by atoms with E-state index >= 15 is 0 Å². The minimum absolute atomic E-state index is 0.179. The normalized spacial score (nSPS) is 13.5. The number of fused-ring (bicyclic) bond motifs is 1. The van der Waals surface area contributed by atoms with E-state index in [1.165, 1.54) is 12.1 Å². The maximum atomic E-state index is 12.4. The summed E-state index contributed by atoms with van der Waals surface area (Å²) in [5.74, 6) is 1.84. The molecule has 0 saturated carbocycles. The zero-order valence-corrected chi connectivity index (χ0v) is 14.8. The molecule has 0 atom stereocenters. The van der Waals surface area contributed by atoms with Crippen LogP contribution >= 0.6 is 0 Å². The van der Waals surface area contributed by atoms with Crippen LogP contribution < -0.4 is 18.9 Å². The van der Waals surface area contributed by atoms with Crippen LogP contribution in [-0.4, -0.2) is 35.3 Å². The number of hydrogen-bond acceptors (Lipinski definition) is 5. The van der Waals surface area contributed by atoms with Crippen LogP contribution in [-0.2, 0) is 16.4 Å². The Labute approximate surface area is 147 Å². The average molecular weight is 363 g/mol. The van der Waals surface area contributed by atoms with Gasteiger partial charge in [0, 0.05) is 12.6 Å². The van der Waals surface area contributed by atoms with Crippen LogP contribution in [0.3, 0.4) is 0 Å². The van der Waals surface area contributed by atoms with Gasteiger partial charge >= 0.3 is 0 Å². The first-order valence-corrected chi connectivity index (χ1v) is 9.59. The SMILES string of the molecule is COc1cccc(CCCNS(=O)(=O)c2ccc3c(c2)OCCO3)c1. The highest BCUT2D eigenvalue weighted by Gasteiger charge is 2.18. The van der Waals surface area contributed by atoms with Crippen molar-refractivity contribution in [2.75, 3.05) is 26.9 Å². The molecule has 2 aromatic rings. The first kappa shape index (κ1) is 17.6. The van der Waals surface area contributed by atoms with E-state index in [-0.39, 0.29) is 4.90 Å². The molecule has 0 fully saturated rings. The van der Waals surface area contributed by atoms with Crippen molar-refractivity contribution in [1.29, 1.82) is 0 Å². The lowest BCUT2D eigenvalue weighted by molar-refractivity contribution is 0.171. The smallest absolute Gasteiger partial charge is 0.240 e. The maximum Gasteiger partial charge on any atom is 0.240 e. The molecular weight excluding hydrogens is 342 g/mol. The molecule has 7 heteroatoms. The van der Waals surface area contributed by atoms with Crippen molar-refractivity contribution >= 4 is 10.0 Å². The quantitative estimate of drug-likeness (QED) is 0.765. The van der Waals surface area contributed by atoms with E-state index in [2.05, 4.69) is 4.72 Å². The number of nitrogens with one attached hydrogen (secondary N) is 1. The van der Waals surface area contributed by atoms with Gasteiger partial charge in [-0.2, -0.15) is 0 Å². The first-order chi connectivity index (χ1) is 12.1. The van der Waals surface area contributed by atoms with Crippen molar-refractivity contribution in [3.8, 4) is 17.2 Å². The molecule has 134 valence electrons. The highest BCUT2D eigenvalue weighted by molar-refractivity contribution is 7.89. The van der Waals surface area contributed by atoms with Gasteiger partial charge in [0.1, 0.15) is 19.0 Å². The molecule has 0 radical (unpaired) electrons. The molecule has 6 nitrogen and oxygen atoms in total. The lowest BCUT2D eigenvalue weighted by Gasteiger charge is -2.18. The Morgan fingerprint density at radius 2 is 1.88 bits per heavy atom. The van der Waals surface area contributed by atoms with Crippen LogP contribution in [0.1, 0.15) is 12.0 Å². The first-order valence-electron chi connectivity index (χ1n) is 8.11. The molecule has 1 aliphatic rings. The lowest BCUT2D eigenvalue weighted by atomic mass is 10.1. The third-order valence-corrected chi connectivity index (χ3v) is 5.35. The van der Waals surface area contributed by atoms with Gasteiger partial charge in [0.2, 0.25) is 10.0 Å². The molecule has 2 aromatic carbocycles. The fourth-order valence-electron chi connectivity index (χ4n) is 2.60. The highest BCUT2D eigenvalue weighted by atomic mass is 32.2. The molecule has 0 unspecified atom stereocenters. The summed E-state index contributed by atoms with van der Waals surface area (Å²) in [7, 11) is -1.95. The van der Waals surface area contributed by atoms with Gasteiger partial charge in [-0.05, 0) is 42.7 Å². The fourth-order valence-corrected chi connectivity index (χ4v) is 3.69. The van der Waals surface area contributed by atoms with Gasteiger partial charge in [0.25, 0.3) is 0 Å². The number of ether oxygens (including phenoxy) is 3. The fraction of sp³-hybridized carbons (Fsp3) is 0.333. The van der Waals surface area contributed by atoms with Crippen molar-refractivity contribution in [3.63, 3.8) is 0 Å². The third-order valence-electron chi connectivity index (χ3n) is 3.89. The van der Waals surface area contributed by atoms with E-state index in [4.69, 9.17) is 14.2 Å². The van der Waals surface area contributed by atoms with Crippen molar-refractivity contribution in [1.82, 2.24) is 4.72 Å². The van der Waals surface area contributed by atoms with Crippen LogP contribution in [0.5, 0.6) is 17.2 Å². The largest absolute Gasteiger partial charge is 0.497 e. The van der Waals surface area contributed by atoms with Crippen LogP contribution in [0.2, 0.25) is 0 Å². The summed E-state index contributed by atoms with van der Waals surface area (Å²) in [6.07, 6.45) is 1.46. The Morgan fingerprint density at radius 1 is 1.08 bits per heavy atom. The lowest BCUT2D eigenvalue weighted by Crippen LogP contribution is -2.25. The van der Waals surface area contributed by atoms with Crippen molar-refractivity contribution in [2.24, 2.45) is 0 Å². The van der Waals surface area contributed by atoms with Gasteiger partial charge in [0.15, 0.2) is 11.5 Å². The van der Waals surface area contributed by atoms with Crippen molar-refractivity contribution in [2.45, 2.75) is 17.7 Å². The monoisotopic (exact) mass is 363 g/mol. The van der Waals surface area contributed by atoms with E-state index in [1.54, 1.807) is 13.2 Å². The van der Waals surface area contributed by atoms with Gasteiger partial charge in [-0.25, -0.2) is 13.1 Å². The zero-order chi connectivity index (χ0) is 17.7. The summed E-state index contributed by atoms with van der Waals surface area (Å²) in [6, 6.07) is 12.4. The number of hydrogen-bond donors (Lipinski definition) is 1. The number of aryl methyl sites for hydroxylation is 1. The van der Waals surface area contributed by atoms with E-state index in [9.17, 15) is 8.42 Å². The molecule has 1 heterocycles. The van der Waals surface area contributed by atoms with E-state index in [0.29, 0.717) is 37.7 Å². The van der Waals surface area contributed by atoms with Gasteiger partial charge in [-0.1, -0.05) is 12.1 Å². The molecule has 0 aromatic heterocycles. The molecular formula is C18H21NO5S. The van der Waals surface area contributed by atoms with Crippen LogP contribution in [0.25, 0.3) is 0 Å². The zero-order valence-electron chi connectivity index (χ0n) is 14.0. The predicted octanol–water partition coefficient (Wildman–Crippen LogP) is 2.38. The average Bonchev–Trinajstić information content (AvgIpc) is 2.65. The number of methoxy groups -OCH3 is 1. The number of benzene rings is 2. The molecule has 0 saturated heterocycles. The molecule has 25 heavy (non-hydrogen) atoms. The number of sulfonamides is 1. The van der Waals surface area contributed by atoms with Gasteiger partial charge in [-0.3, -0.25) is 0 Å². The standard InChI is InChI=1S/C18H21NO5S/c1-22-15-6-2-4-14(12-15)5-3-9-19-25(20,21)16-7-8-17-18(13-16)24-11-10-23-17/h2,4,6-8,12-13,19H,3,5,9-11H2,1H3. The predicted molar refractivity (Wildman–Crippen MR) is 93.9 cm³/mol. The Balaban J connectivity index is 1.56. The number of rotatable bonds is 7. The minimum atomic E-state index is -3.57. The summed E-state index contributed by atoms with van der Waals surface area (Å²) >= 11 is 0. The van der Waals surface area contributed by atoms with Crippen LogP contribution in [0, 0.1) is 0 Å². The van der Waals surface area contributed by atoms with Crippen molar-refractivity contribution in [3.05, 3.63) is 48.0 Å². The molecule has 0 amide bonds. The summed E-state index contributed by atoms with van der Waals surface area (Å²) in [5, 5.41) is 0. The molecule has 0 aliphatic carbocycles. The van der Waals surface area contributed by atoms with E-state index in [1.807, 2.05) is 24.3 Å². The Kier molecular flexibility index (Phi) is 5.45. The van der Waals surface area contributed by atoms with E-state index in [0.717, 1.165) is 17.7 Å². The van der Waals surface area contributed by atoms with Gasteiger partial charge < -0.3 is 14.2 Å². The van der Waals surface area contributed by atoms with Gasteiger partial charge in [0.05, 0.1) is 12.0 Å². The van der Waals surface area contributed by atoms with Crippen LogP contribution in [0.4, 0.5) is 0 Å². The highest BCUT2D eigenvalue weighted by Crippen LogP contribution is 2.32. The molecule has 1 aliphatic heterocycles. The summed E-state index contributed by atoms with van der Waals surface area (Å²) in [5.41, 5.74) is 1.11. The second-order valence-corrected chi connectivity index (χ2v) is 7.43. The topological polar surface area (TPSA) is 73.9 Å². The summed E-state index contributed by atoms with van der Waals surface area (Å²) in [4.78, 5) is 0.179. The molecule has 1 N–H and O–H groups in total. The Hall–Kier alpha value is -2.25. The molecule has 0 spiro atoms. The minimum Gasteiger partial charge on any atom is -0.497 e. The van der Waals surface area contributed by atoms with Crippen molar-refractivity contribution < 1.29 is 22.6 Å². The Bertz CT molecular complexity index is 835. The second kappa shape index (κ2) is 7.76. The van der Waals surface area contributed by atoms with E-state index < -0.39 is 10.0 Å².